The molecule has 0 atom stereocenters. The van der Waals surface area contributed by atoms with E-state index in [4.69, 9.17) is 23.2 Å². The molecule has 1 N–H and O–H groups in total. The van der Waals surface area contributed by atoms with Crippen molar-refractivity contribution in [2.24, 2.45) is 5.10 Å². The predicted octanol–water partition coefficient (Wildman–Crippen LogP) is 4.14. The van der Waals surface area contributed by atoms with Gasteiger partial charge in [0.1, 0.15) is 0 Å². The molecule has 0 radical (unpaired) electrons. The van der Waals surface area contributed by atoms with E-state index in [1.807, 2.05) is 31.2 Å². The lowest BCUT2D eigenvalue weighted by molar-refractivity contribution is 1.23. The van der Waals surface area contributed by atoms with Crippen LogP contribution in [0.15, 0.2) is 41.6 Å². The van der Waals surface area contributed by atoms with E-state index in [2.05, 4.69) is 15.5 Å². The average molecular weight is 280 g/mol. The fourth-order valence-corrected chi connectivity index (χ4v) is 1.84. The number of anilines is 1. The molecule has 92 valence electrons. The first-order valence-corrected chi connectivity index (χ1v) is 6.07. The maximum absolute atomic E-state index is 5.95. The van der Waals surface area contributed by atoms with Gasteiger partial charge in [0.2, 0.25) is 0 Å². The zero-order valence-electron chi connectivity index (χ0n) is 9.69. The van der Waals surface area contributed by atoms with Crippen LogP contribution in [0, 0.1) is 6.92 Å². The Morgan fingerprint density at radius 3 is 2.83 bits per heavy atom. The van der Waals surface area contributed by atoms with Gasteiger partial charge in [-0.1, -0.05) is 53.0 Å². The van der Waals surface area contributed by atoms with Gasteiger partial charge in [-0.05, 0) is 18.6 Å². The van der Waals surface area contributed by atoms with Crippen LogP contribution < -0.4 is 5.43 Å². The van der Waals surface area contributed by atoms with Gasteiger partial charge in [0.15, 0.2) is 5.82 Å². The monoisotopic (exact) mass is 279 g/mol. The standard InChI is InChI=1S/C13H11Cl2N3/c1-9-3-2-4-10(5-9)7-17-18-13-12(15)6-11(14)8-16-13/h2-8H,1H3,(H,16,18)/b17-7-. The smallest absolute Gasteiger partial charge is 0.165 e. The van der Waals surface area contributed by atoms with Gasteiger partial charge in [-0.2, -0.15) is 5.10 Å². The Kier molecular flexibility index (Phi) is 4.18. The summed E-state index contributed by atoms with van der Waals surface area (Å²) >= 11 is 11.7. The number of halogens is 2. The molecule has 0 saturated carbocycles. The molecule has 1 aromatic heterocycles. The number of aryl methyl sites for hydroxylation is 1. The molecule has 0 aliphatic rings. The molecule has 0 amide bonds. The van der Waals surface area contributed by atoms with Crippen molar-refractivity contribution in [3.8, 4) is 0 Å². The molecule has 0 unspecified atom stereocenters. The largest absolute Gasteiger partial charge is 0.260 e. The first-order valence-electron chi connectivity index (χ1n) is 5.32. The lowest BCUT2D eigenvalue weighted by Crippen LogP contribution is -1.94. The van der Waals surface area contributed by atoms with E-state index in [1.54, 1.807) is 12.3 Å². The van der Waals surface area contributed by atoms with Crippen LogP contribution >= 0.6 is 23.2 Å². The highest BCUT2D eigenvalue weighted by molar-refractivity contribution is 6.35. The van der Waals surface area contributed by atoms with E-state index >= 15 is 0 Å². The topological polar surface area (TPSA) is 37.3 Å². The summed E-state index contributed by atoms with van der Waals surface area (Å²) in [5.41, 5.74) is 4.96. The minimum Gasteiger partial charge on any atom is -0.260 e. The summed E-state index contributed by atoms with van der Waals surface area (Å²) in [5, 5.41) is 5.01. The summed E-state index contributed by atoms with van der Waals surface area (Å²) in [6.45, 7) is 2.03. The second-order valence-electron chi connectivity index (χ2n) is 3.77. The second kappa shape index (κ2) is 5.85. The highest BCUT2D eigenvalue weighted by Crippen LogP contribution is 2.22. The van der Waals surface area contributed by atoms with Crippen molar-refractivity contribution < 1.29 is 0 Å². The minimum absolute atomic E-state index is 0.434. The number of hydrogen-bond acceptors (Lipinski definition) is 3. The van der Waals surface area contributed by atoms with E-state index in [1.165, 1.54) is 11.8 Å². The van der Waals surface area contributed by atoms with Gasteiger partial charge in [0.25, 0.3) is 0 Å². The van der Waals surface area contributed by atoms with Crippen LogP contribution in [0.2, 0.25) is 10.0 Å². The minimum atomic E-state index is 0.434. The van der Waals surface area contributed by atoms with E-state index < -0.39 is 0 Å². The maximum Gasteiger partial charge on any atom is 0.165 e. The highest BCUT2D eigenvalue weighted by atomic mass is 35.5. The summed E-state index contributed by atoms with van der Waals surface area (Å²) in [5.74, 6) is 0.477. The fourth-order valence-electron chi connectivity index (χ4n) is 1.42. The van der Waals surface area contributed by atoms with Crippen molar-refractivity contribution in [3.05, 3.63) is 57.7 Å². The summed E-state index contributed by atoms with van der Waals surface area (Å²) < 4.78 is 0. The number of benzene rings is 1. The van der Waals surface area contributed by atoms with Crippen LogP contribution in [0.1, 0.15) is 11.1 Å². The molecular formula is C13H11Cl2N3. The van der Waals surface area contributed by atoms with Crippen LogP contribution in [-0.4, -0.2) is 11.2 Å². The molecule has 5 heteroatoms. The quantitative estimate of drug-likeness (QED) is 0.677. The summed E-state index contributed by atoms with van der Waals surface area (Å²) in [4.78, 5) is 4.04. The van der Waals surface area contributed by atoms with Crippen LogP contribution in [0.5, 0.6) is 0 Å². The molecule has 1 heterocycles. The average Bonchev–Trinajstić information content (AvgIpc) is 2.32. The lowest BCUT2D eigenvalue weighted by atomic mass is 10.2. The Hall–Kier alpha value is -1.58. The number of pyridine rings is 1. The molecule has 1 aromatic carbocycles. The molecule has 2 rings (SSSR count). The predicted molar refractivity (Wildman–Crippen MR) is 76.7 cm³/mol. The Balaban J connectivity index is 2.07. The zero-order chi connectivity index (χ0) is 13.0. The van der Waals surface area contributed by atoms with Crippen LogP contribution in [0.3, 0.4) is 0 Å². The lowest BCUT2D eigenvalue weighted by Gasteiger charge is -2.02. The van der Waals surface area contributed by atoms with Gasteiger partial charge in [0, 0.05) is 6.20 Å². The molecule has 0 spiro atoms. The number of hydrazone groups is 1. The zero-order valence-corrected chi connectivity index (χ0v) is 11.2. The third kappa shape index (κ3) is 3.45. The summed E-state index contributed by atoms with van der Waals surface area (Å²) in [6, 6.07) is 9.62. The van der Waals surface area contributed by atoms with Crippen molar-refractivity contribution in [1.29, 1.82) is 0 Å². The number of hydrogen-bond donors (Lipinski definition) is 1. The molecule has 3 nitrogen and oxygen atoms in total. The normalized spacial score (nSPS) is 10.8. The molecule has 18 heavy (non-hydrogen) atoms. The molecular weight excluding hydrogens is 269 g/mol. The number of rotatable bonds is 3. The Labute approximate surface area is 115 Å². The molecule has 0 aliphatic heterocycles. The third-order valence-corrected chi connectivity index (χ3v) is 2.73. The molecule has 0 bridgehead atoms. The Morgan fingerprint density at radius 2 is 2.11 bits per heavy atom. The van der Waals surface area contributed by atoms with Gasteiger partial charge in [-0.3, -0.25) is 5.43 Å². The van der Waals surface area contributed by atoms with Crippen molar-refractivity contribution >= 4 is 35.2 Å². The van der Waals surface area contributed by atoms with Crippen molar-refractivity contribution in [2.75, 3.05) is 5.43 Å². The van der Waals surface area contributed by atoms with Crippen LogP contribution in [0.25, 0.3) is 0 Å². The van der Waals surface area contributed by atoms with Gasteiger partial charge < -0.3 is 0 Å². The first kappa shape index (κ1) is 12.9. The summed E-state index contributed by atoms with van der Waals surface area (Å²) in [6.07, 6.45) is 3.22. The van der Waals surface area contributed by atoms with Crippen LogP contribution in [-0.2, 0) is 0 Å². The SMILES string of the molecule is Cc1cccc(/C=N\Nc2ncc(Cl)cc2Cl)c1. The molecule has 2 aromatic rings. The molecule has 0 aliphatic carbocycles. The number of nitrogens with one attached hydrogen (secondary N) is 1. The second-order valence-corrected chi connectivity index (χ2v) is 4.61. The van der Waals surface area contributed by atoms with E-state index in [0.29, 0.717) is 15.9 Å². The van der Waals surface area contributed by atoms with Gasteiger partial charge in [-0.15, -0.1) is 0 Å². The maximum atomic E-state index is 5.95. The fraction of sp³-hybridized carbons (Fsp3) is 0.0769. The van der Waals surface area contributed by atoms with E-state index in [0.717, 1.165) is 5.56 Å². The molecule has 0 saturated heterocycles. The third-order valence-electron chi connectivity index (χ3n) is 2.23. The van der Waals surface area contributed by atoms with E-state index in [-0.39, 0.29) is 0 Å². The highest BCUT2D eigenvalue weighted by Gasteiger charge is 2.00. The summed E-state index contributed by atoms with van der Waals surface area (Å²) in [7, 11) is 0. The molecule has 0 fully saturated rings. The number of aromatic nitrogens is 1. The van der Waals surface area contributed by atoms with Crippen molar-refractivity contribution in [3.63, 3.8) is 0 Å². The Bertz CT molecular complexity index is 582. The van der Waals surface area contributed by atoms with Gasteiger partial charge >= 0.3 is 0 Å². The number of nitrogens with zero attached hydrogens (tertiary/aromatic N) is 2. The van der Waals surface area contributed by atoms with Crippen molar-refractivity contribution in [1.82, 2.24) is 4.98 Å². The first-order chi connectivity index (χ1) is 8.65. The van der Waals surface area contributed by atoms with Crippen molar-refractivity contribution in [2.45, 2.75) is 6.92 Å². The van der Waals surface area contributed by atoms with Gasteiger partial charge in [0.05, 0.1) is 16.3 Å². The Morgan fingerprint density at radius 1 is 1.28 bits per heavy atom. The van der Waals surface area contributed by atoms with Crippen LogP contribution in [0.4, 0.5) is 5.82 Å². The van der Waals surface area contributed by atoms with Gasteiger partial charge in [-0.25, -0.2) is 4.98 Å². The van der Waals surface area contributed by atoms with E-state index in [9.17, 15) is 0 Å².